The Morgan fingerprint density at radius 2 is 1.81 bits per heavy atom. The lowest BCUT2D eigenvalue weighted by molar-refractivity contribution is -0.127. The van der Waals surface area contributed by atoms with E-state index in [-0.39, 0.29) is 5.02 Å². The number of hydrazine groups is 1. The van der Waals surface area contributed by atoms with Crippen LogP contribution < -0.4 is 19.7 Å². The van der Waals surface area contributed by atoms with Gasteiger partial charge in [0.1, 0.15) is 22.2 Å². The highest BCUT2D eigenvalue weighted by atomic mass is 35.5. The number of nitrogens with one attached hydrogen (secondary N) is 2. The number of hydrogen-bond acceptors (Lipinski definition) is 5. The highest BCUT2D eigenvalue weighted by molar-refractivity contribution is 7.89. The molecule has 0 bridgehead atoms. The first kappa shape index (κ1) is 20.9. The van der Waals surface area contributed by atoms with Gasteiger partial charge in [-0.1, -0.05) is 11.6 Å². The van der Waals surface area contributed by atoms with Crippen molar-refractivity contribution in [1.29, 1.82) is 0 Å². The van der Waals surface area contributed by atoms with Crippen LogP contribution in [-0.2, 0) is 14.8 Å². The summed E-state index contributed by atoms with van der Waals surface area (Å²) < 4.78 is 48.6. The second-order valence-electron chi connectivity index (χ2n) is 5.33. The molecule has 27 heavy (non-hydrogen) atoms. The minimum Gasteiger partial charge on any atom is -0.494 e. The van der Waals surface area contributed by atoms with Gasteiger partial charge >= 0.3 is 0 Å². The van der Waals surface area contributed by atoms with E-state index in [0.717, 1.165) is 12.1 Å². The highest BCUT2D eigenvalue weighted by Gasteiger charge is 2.22. The summed E-state index contributed by atoms with van der Waals surface area (Å²) in [5, 5.41) is 0.0489. The third kappa shape index (κ3) is 5.81. The molecule has 10 heteroatoms. The molecule has 2 aromatic rings. The fraction of sp³-hybridized carbons (Fsp3) is 0.235. The molecule has 146 valence electrons. The maximum atomic E-state index is 13.8. The van der Waals surface area contributed by atoms with Crippen molar-refractivity contribution in [2.75, 3.05) is 6.61 Å². The normalized spacial score (nSPS) is 12.3. The Labute approximate surface area is 161 Å². The largest absolute Gasteiger partial charge is 0.494 e. The number of sulfonamides is 1. The van der Waals surface area contributed by atoms with Gasteiger partial charge in [0.25, 0.3) is 15.9 Å². The number of hydrogen-bond donors (Lipinski definition) is 2. The van der Waals surface area contributed by atoms with E-state index in [9.17, 15) is 17.6 Å². The Balaban J connectivity index is 1.95. The minimum atomic E-state index is -4.31. The summed E-state index contributed by atoms with van der Waals surface area (Å²) in [6.07, 6.45) is -1.01. The van der Waals surface area contributed by atoms with Crippen LogP contribution in [-0.4, -0.2) is 27.0 Å². The quantitative estimate of drug-likeness (QED) is 0.645. The van der Waals surface area contributed by atoms with E-state index in [2.05, 4.69) is 0 Å². The maximum absolute atomic E-state index is 13.8. The zero-order valence-corrected chi connectivity index (χ0v) is 16.1. The first-order valence-corrected chi connectivity index (χ1v) is 9.75. The molecule has 2 N–H and O–H groups in total. The van der Waals surface area contributed by atoms with Crippen LogP contribution in [0.25, 0.3) is 0 Å². The summed E-state index contributed by atoms with van der Waals surface area (Å²) in [7, 11) is -4.31. The molecule has 0 saturated carbocycles. The van der Waals surface area contributed by atoms with Gasteiger partial charge in [0.05, 0.1) is 6.61 Å². The van der Waals surface area contributed by atoms with Crippen LogP contribution in [0, 0.1) is 5.82 Å². The minimum absolute atomic E-state index is 0.0489. The molecule has 0 aromatic heterocycles. The predicted octanol–water partition coefficient (Wildman–Crippen LogP) is 2.65. The maximum Gasteiger partial charge on any atom is 0.275 e. The lowest BCUT2D eigenvalue weighted by atomic mass is 10.3. The molecule has 0 spiro atoms. The standard InChI is InChI=1S/C17H18ClFN2O5S/c1-3-25-13-5-7-14(8-6-13)26-11(2)17(22)20-21-27(23,24)16-9-4-12(18)10-15(16)19/h4-11,21H,3H2,1-2H3,(H,20,22)/t11-/m1/s1. The summed E-state index contributed by atoms with van der Waals surface area (Å²) in [6, 6.07) is 9.65. The molecule has 0 saturated heterocycles. The summed E-state index contributed by atoms with van der Waals surface area (Å²) in [5.74, 6) is -0.753. The van der Waals surface area contributed by atoms with Crippen LogP contribution in [0.5, 0.6) is 11.5 Å². The Morgan fingerprint density at radius 3 is 2.41 bits per heavy atom. The molecule has 1 amide bonds. The van der Waals surface area contributed by atoms with Gasteiger partial charge in [0.15, 0.2) is 6.10 Å². The van der Waals surface area contributed by atoms with Crippen LogP contribution in [0.1, 0.15) is 13.8 Å². The first-order chi connectivity index (χ1) is 12.7. The number of carbonyl (C=O) groups excluding carboxylic acids is 1. The smallest absolute Gasteiger partial charge is 0.275 e. The van der Waals surface area contributed by atoms with Gasteiger partial charge in [-0.05, 0) is 56.3 Å². The number of halogens is 2. The van der Waals surface area contributed by atoms with Crippen molar-refractivity contribution in [1.82, 2.24) is 10.3 Å². The van der Waals surface area contributed by atoms with Gasteiger partial charge in [0, 0.05) is 5.02 Å². The molecule has 0 unspecified atom stereocenters. The van der Waals surface area contributed by atoms with Crippen LogP contribution in [0.15, 0.2) is 47.4 Å². The van der Waals surface area contributed by atoms with E-state index in [1.54, 1.807) is 24.3 Å². The van der Waals surface area contributed by atoms with Gasteiger partial charge in [-0.25, -0.2) is 12.8 Å². The molecular formula is C17H18ClFN2O5S. The van der Waals surface area contributed by atoms with Gasteiger partial charge in [-0.15, -0.1) is 4.83 Å². The zero-order chi connectivity index (χ0) is 20.0. The second kappa shape index (κ2) is 9.03. The number of carbonyl (C=O) groups is 1. The van der Waals surface area contributed by atoms with Crippen LogP contribution in [0.4, 0.5) is 4.39 Å². The Morgan fingerprint density at radius 1 is 1.19 bits per heavy atom. The van der Waals surface area contributed by atoms with E-state index < -0.39 is 32.7 Å². The first-order valence-electron chi connectivity index (χ1n) is 7.89. The molecule has 1 atom stereocenters. The Bertz CT molecular complexity index is 906. The molecule has 0 fully saturated rings. The van der Waals surface area contributed by atoms with Gasteiger partial charge < -0.3 is 9.47 Å². The summed E-state index contributed by atoms with van der Waals surface area (Å²) in [4.78, 5) is 13.2. The molecule has 7 nitrogen and oxygen atoms in total. The van der Waals surface area contributed by atoms with Crippen LogP contribution >= 0.6 is 11.6 Å². The van der Waals surface area contributed by atoms with Crippen molar-refractivity contribution in [2.24, 2.45) is 0 Å². The van der Waals surface area contributed by atoms with Gasteiger partial charge in [-0.3, -0.25) is 10.2 Å². The third-order valence-electron chi connectivity index (χ3n) is 3.31. The van der Waals surface area contributed by atoms with Crippen molar-refractivity contribution in [3.05, 3.63) is 53.3 Å². The fourth-order valence-corrected chi connectivity index (χ4v) is 3.07. The molecule has 0 aliphatic carbocycles. The SMILES string of the molecule is CCOc1ccc(O[C@H](C)C(=O)NNS(=O)(=O)c2ccc(Cl)cc2F)cc1. The van der Waals surface area contributed by atoms with Crippen molar-refractivity contribution in [2.45, 2.75) is 24.8 Å². The lowest BCUT2D eigenvalue weighted by Crippen LogP contribution is -2.47. The molecule has 0 aliphatic rings. The summed E-state index contributed by atoms with van der Waals surface area (Å²) in [6.45, 7) is 3.81. The number of amides is 1. The number of benzene rings is 2. The van der Waals surface area contributed by atoms with Crippen molar-refractivity contribution in [3.63, 3.8) is 0 Å². The van der Waals surface area contributed by atoms with E-state index in [4.69, 9.17) is 21.1 Å². The van der Waals surface area contributed by atoms with Gasteiger partial charge in [0.2, 0.25) is 0 Å². The second-order valence-corrected chi connectivity index (χ2v) is 7.42. The van der Waals surface area contributed by atoms with Crippen molar-refractivity contribution in [3.8, 4) is 11.5 Å². The molecule has 0 radical (unpaired) electrons. The van der Waals surface area contributed by atoms with Crippen molar-refractivity contribution < 1.29 is 27.1 Å². The van der Waals surface area contributed by atoms with E-state index >= 15 is 0 Å². The summed E-state index contributed by atoms with van der Waals surface area (Å²) >= 11 is 5.59. The third-order valence-corrected chi connectivity index (χ3v) is 4.82. The Hall–Kier alpha value is -2.36. The molecule has 2 rings (SSSR count). The van der Waals surface area contributed by atoms with E-state index in [1.807, 2.05) is 17.2 Å². The predicted molar refractivity (Wildman–Crippen MR) is 97.6 cm³/mol. The topological polar surface area (TPSA) is 93.7 Å². The number of rotatable bonds is 8. The highest BCUT2D eigenvalue weighted by Crippen LogP contribution is 2.19. The summed E-state index contributed by atoms with van der Waals surface area (Å²) in [5.41, 5.74) is 1.99. The van der Waals surface area contributed by atoms with Crippen LogP contribution in [0.3, 0.4) is 0 Å². The Kier molecular flexibility index (Phi) is 7.00. The monoisotopic (exact) mass is 416 g/mol. The fourth-order valence-electron chi connectivity index (χ4n) is 2.01. The molecular weight excluding hydrogens is 399 g/mol. The van der Waals surface area contributed by atoms with Crippen molar-refractivity contribution >= 4 is 27.5 Å². The molecule has 0 heterocycles. The van der Waals surface area contributed by atoms with Crippen LogP contribution in [0.2, 0.25) is 5.02 Å². The molecule has 2 aromatic carbocycles. The van der Waals surface area contributed by atoms with Gasteiger partial charge in [-0.2, -0.15) is 0 Å². The average molecular weight is 417 g/mol. The van der Waals surface area contributed by atoms with E-state index in [0.29, 0.717) is 18.1 Å². The average Bonchev–Trinajstić information content (AvgIpc) is 2.61. The molecule has 0 aliphatic heterocycles. The van der Waals surface area contributed by atoms with E-state index in [1.165, 1.54) is 13.0 Å². The lowest BCUT2D eigenvalue weighted by Gasteiger charge is -2.15. The number of ether oxygens (including phenoxy) is 2. The zero-order valence-electron chi connectivity index (χ0n) is 14.5.